The quantitative estimate of drug-likeness (QED) is 0.375. The number of halogens is 3. The van der Waals surface area contributed by atoms with Gasteiger partial charge in [0.1, 0.15) is 0 Å². The van der Waals surface area contributed by atoms with Crippen LogP contribution in [0.15, 0.2) is 84.1 Å². The number of nitrogens with zero attached hydrogens (tertiary/aromatic N) is 1. The van der Waals surface area contributed by atoms with Crippen LogP contribution in [0.2, 0.25) is 15.1 Å². The van der Waals surface area contributed by atoms with Gasteiger partial charge in [-0.25, -0.2) is 0 Å². The highest BCUT2D eigenvalue weighted by molar-refractivity contribution is 6.36. The molecule has 2 aliphatic rings. The van der Waals surface area contributed by atoms with Crippen LogP contribution in [0.3, 0.4) is 0 Å². The summed E-state index contributed by atoms with van der Waals surface area (Å²) < 4.78 is 0. The van der Waals surface area contributed by atoms with Crippen LogP contribution in [0, 0.1) is 0 Å². The van der Waals surface area contributed by atoms with E-state index in [4.69, 9.17) is 34.8 Å². The number of carbonyl (C=O) groups excluding carboxylic acids is 2. The molecule has 5 rings (SSSR count). The first kappa shape index (κ1) is 22.2. The van der Waals surface area contributed by atoms with Crippen LogP contribution in [-0.4, -0.2) is 11.7 Å². The van der Waals surface area contributed by atoms with Crippen molar-refractivity contribution in [3.05, 3.63) is 110 Å². The van der Waals surface area contributed by atoms with Gasteiger partial charge in [-0.3, -0.25) is 14.5 Å². The van der Waals surface area contributed by atoms with Gasteiger partial charge in [0.15, 0.2) is 5.78 Å². The molecule has 0 saturated carbocycles. The van der Waals surface area contributed by atoms with Crippen molar-refractivity contribution in [3.8, 4) is 0 Å². The molecule has 0 aromatic heterocycles. The van der Waals surface area contributed by atoms with Gasteiger partial charge in [0.05, 0.1) is 0 Å². The van der Waals surface area contributed by atoms with E-state index in [0.717, 1.165) is 11.3 Å². The van der Waals surface area contributed by atoms with Crippen molar-refractivity contribution >= 4 is 52.2 Å². The monoisotopic (exact) mass is 495 g/mol. The molecule has 3 nitrogen and oxygen atoms in total. The minimum atomic E-state index is -0.471. The molecule has 3 aromatic carbocycles. The van der Waals surface area contributed by atoms with Gasteiger partial charge < -0.3 is 0 Å². The van der Waals surface area contributed by atoms with Crippen LogP contribution in [0.4, 0.5) is 5.69 Å². The molecule has 0 spiro atoms. The first-order chi connectivity index (χ1) is 15.9. The fourth-order valence-corrected chi connectivity index (χ4v) is 5.76. The number of allylic oxidation sites excluding steroid dienone is 2. The number of hydrogen-bond acceptors (Lipinski definition) is 2. The van der Waals surface area contributed by atoms with Gasteiger partial charge in [-0.2, -0.15) is 0 Å². The van der Waals surface area contributed by atoms with E-state index in [0.29, 0.717) is 44.7 Å². The van der Waals surface area contributed by atoms with Crippen molar-refractivity contribution < 1.29 is 9.59 Å². The predicted octanol–water partition coefficient (Wildman–Crippen LogP) is 7.57. The lowest BCUT2D eigenvalue weighted by Crippen LogP contribution is -2.42. The summed E-state index contributed by atoms with van der Waals surface area (Å²) in [4.78, 5) is 28.9. The lowest BCUT2D eigenvalue weighted by atomic mass is 9.72. The number of anilines is 1. The molecule has 2 atom stereocenters. The van der Waals surface area contributed by atoms with Crippen LogP contribution in [-0.2, 0) is 9.59 Å². The number of Topliss-reactive ketones (excluding diaryl/α,β-unsaturated/α-hetero) is 1. The molecule has 0 radical (unpaired) electrons. The maximum atomic E-state index is 13.7. The van der Waals surface area contributed by atoms with Crippen LogP contribution in [0.1, 0.15) is 42.2 Å². The average Bonchev–Trinajstić information content (AvgIpc) is 2.80. The molecule has 1 amide bonds. The Morgan fingerprint density at radius 1 is 0.727 bits per heavy atom. The zero-order valence-corrected chi connectivity index (χ0v) is 19.9. The number of carbonyl (C=O) groups is 2. The summed E-state index contributed by atoms with van der Waals surface area (Å²) in [5, 5.41) is 1.51. The van der Waals surface area contributed by atoms with Crippen molar-refractivity contribution in [2.24, 2.45) is 0 Å². The molecule has 2 unspecified atom stereocenters. The number of hydrogen-bond donors (Lipinski definition) is 0. The first-order valence-electron chi connectivity index (χ1n) is 10.8. The minimum Gasteiger partial charge on any atom is -0.294 e. The summed E-state index contributed by atoms with van der Waals surface area (Å²) in [5.41, 5.74) is 3.77. The highest BCUT2D eigenvalue weighted by Gasteiger charge is 2.43. The van der Waals surface area contributed by atoms with Crippen LogP contribution < -0.4 is 4.90 Å². The Balaban J connectivity index is 1.69. The minimum absolute atomic E-state index is 0.0134. The first-order valence-corrected chi connectivity index (χ1v) is 11.9. The molecule has 0 saturated heterocycles. The van der Waals surface area contributed by atoms with E-state index in [1.165, 1.54) is 0 Å². The zero-order valence-electron chi connectivity index (χ0n) is 17.6. The summed E-state index contributed by atoms with van der Waals surface area (Å²) >= 11 is 19.1. The molecule has 166 valence electrons. The van der Waals surface area contributed by atoms with E-state index in [-0.39, 0.29) is 24.0 Å². The molecule has 1 aliphatic carbocycles. The second-order valence-corrected chi connectivity index (χ2v) is 9.65. The van der Waals surface area contributed by atoms with Crippen molar-refractivity contribution in [1.29, 1.82) is 0 Å². The van der Waals surface area contributed by atoms with Crippen LogP contribution in [0.5, 0.6) is 0 Å². The van der Waals surface area contributed by atoms with E-state index in [1.807, 2.05) is 42.5 Å². The molecular formula is C27H20Cl3NO2. The van der Waals surface area contributed by atoms with Gasteiger partial charge in [-0.15, -0.1) is 0 Å². The third-order valence-corrected chi connectivity index (χ3v) is 7.34. The highest BCUT2D eigenvalue weighted by atomic mass is 35.5. The Morgan fingerprint density at radius 2 is 1.39 bits per heavy atom. The molecule has 1 heterocycles. The van der Waals surface area contributed by atoms with Gasteiger partial charge in [-0.05, 0) is 59.9 Å². The smallest absolute Gasteiger partial charge is 0.232 e. The number of ketones is 1. The number of amides is 1. The SMILES string of the molecule is O=C1CC(c2ccccc2)CC2=C1C(c1c(Cl)cccc1Cl)CC(=O)N2c1ccc(Cl)cc1. The molecule has 3 aromatic rings. The van der Waals surface area contributed by atoms with Crippen LogP contribution in [0.25, 0.3) is 0 Å². The highest BCUT2D eigenvalue weighted by Crippen LogP contribution is 2.49. The summed E-state index contributed by atoms with van der Waals surface area (Å²) in [6, 6.07) is 22.3. The molecule has 0 N–H and O–H groups in total. The molecule has 0 bridgehead atoms. The van der Waals surface area contributed by atoms with Gasteiger partial charge in [-0.1, -0.05) is 71.2 Å². The topological polar surface area (TPSA) is 37.4 Å². The van der Waals surface area contributed by atoms with Gasteiger partial charge in [0, 0.05) is 50.8 Å². The number of rotatable bonds is 3. The van der Waals surface area contributed by atoms with Gasteiger partial charge in [0.25, 0.3) is 0 Å². The van der Waals surface area contributed by atoms with Gasteiger partial charge in [0.2, 0.25) is 5.91 Å². The van der Waals surface area contributed by atoms with E-state index >= 15 is 0 Å². The second-order valence-electron chi connectivity index (χ2n) is 8.40. The van der Waals surface area contributed by atoms with E-state index in [9.17, 15) is 9.59 Å². The fourth-order valence-electron chi connectivity index (χ4n) is 4.98. The lowest BCUT2D eigenvalue weighted by Gasteiger charge is -2.41. The Hall–Kier alpha value is -2.59. The Bertz CT molecular complexity index is 1250. The molecule has 0 fully saturated rings. The Morgan fingerprint density at radius 3 is 2.06 bits per heavy atom. The van der Waals surface area contributed by atoms with Crippen molar-refractivity contribution in [2.45, 2.75) is 31.1 Å². The maximum Gasteiger partial charge on any atom is 0.232 e. The van der Waals surface area contributed by atoms with E-state index in [2.05, 4.69) is 0 Å². The molecule has 6 heteroatoms. The Kier molecular flexibility index (Phi) is 6.05. The van der Waals surface area contributed by atoms with E-state index in [1.54, 1.807) is 35.2 Å². The largest absolute Gasteiger partial charge is 0.294 e. The predicted molar refractivity (Wildman–Crippen MR) is 133 cm³/mol. The van der Waals surface area contributed by atoms with Gasteiger partial charge >= 0.3 is 0 Å². The third-order valence-electron chi connectivity index (χ3n) is 6.43. The fraction of sp³-hybridized carbons (Fsp3) is 0.185. The zero-order chi connectivity index (χ0) is 23.1. The molecule has 33 heavy (non-hydrogen) atoms. The van der Waals surface area contributed by atoms with Crippen molar-refractivity contribution in [2.75, 3.05) is 4.90 Å². The molecular weight excluding hydrogens is 477 g/mol. The summed E-state index contributed by atoms with van der Waals surface area (Å²) in [5.74, 6) is -0.557. The maximum absolute atomic E-state index is 13.7. The number of benzene rings is 3. The average molecular weight is 497 g/mol. The van der Waals surface area contributed by atoms with Crippen molar-refractivity contribution in [3.63, 3.8) is 0 Å². The normalized spacial score (nSPS) is 20.8. The summed E-state index contributed by atoms with van der Waals surface area (Å²) in [6.45, 7) is 0. The second kappa shape index (κ2) is 8.98. The Labute approximate surface area is 207 Å². The lowest BCUT2D eigenvalue weighted by molar-refractivity contribution is -0.120. The van der Waals surface area contributed by atoms with Crippen LogP contribution >= 0.6 is 34.8 Å². The van der Waals surface area contributed by atoms with E-state index < -0.39 is 5.92 Å². The standard InChI is InChI=1S/C27H20Cl3NO2/c28-18-9-11-19(12-10-18)31-23-13-17(16-5-2-1-3-6-16)14-24(32)27(23)20(15-25(31)33)26-21(29)7-4-8-22(26)30/h1-12,17,20H,13-15H2. The summed E-state index contributed by atoms with van der Waals surface area (Å²) in [7, 11) is 0. The third kappa shape index (κ3) is 4.10. The van der Waals surface area contributed by atoms with Crippen molar-refractivity contribution in [1.82, 2.24) is 0 Å². The molecule has 1 aliphatic heterocycles. The summed E-state index contributed by atoms with van der Waals surface area (Å²) in [6.07, 6.45) is 1.06.